The number of aliphatic imine (C=N–C) groups is 1. The lowest BCUT2D eigenvalue weighted by Crippen LogP contribution is -2.26. The molecule has 1 N–H and O–H groups in total. The van der Waals surface area contributed by atoms with Crippen molar-refractivity contribution in [2.24, 2.45) is 10.4 Å². The Balaban J connectivity index is 2.08. The van der Waals surface area contributed by atoms with Gasteiger partial charge in [0.05, 0.1) is 17.8 Å². The summed E-state index contributed by atoms with van der Waals surface area (Å²) in [5.74, 6) is 0.101. The van der Waals surface area contributed by atoms with Crippen molar-refractivity contribution in [1.82, 2.24) is 4.98 Å². The van der Waals surface area contributed by atoms with E-state index in [0.717, 1.165) is 5.69 Å². The smallest absolute Gasteiger partial charge is 0.168 e. The van der Waals surface area contributed by atoms with Crippen molar-refractivity contribution in [3.8, 4) is 0 Å². The average molecular weight is 258 g/mol. The van der Waals surface area contributed by atoms with E-state index in [1.165, 1.54) is 6.21 Å². The first kappa shape index (κ1) is 13.5. The van der Waals surface area contributed by atoms with Crippen LogP contribution in [0, 0.1) is 5.41 Å². The molecule has 0 saturated heterocycles. The number of carbonyl (C=O) groups is 1. The van der Waals surface area contributed by atoms with Gasteiger partial charge in [-0.05, 0) is 17.5 Å². The molecule has 0 bridgehead atoms. The van der Waals surface area contributed by atoms with Gasteiger partial charge in [0.15, 0.2) is 5.78 Å². The molecule has 19 heavy (non-hydrogen) atoms. The zero-order valence-corrected chi connectivity index (χ0v) is 11.3. The molecule has 1 aliphatic carbocycles. The van der Waals surface area contributed by atoms with E-state index < -0.39 is 0 Å². The molecular formula is C15H18N2O2. The Hall–Kier alpha value is -1.97. The fourth-order valence-corrected chi connectivity index (χ4v) is 2.17. The summed E-state index contributed by atoms with van der Waals surface area (Å²) in [6.45, 7) is 4.36. The maximum atomic E-state index is 11.9. The highest BCUT2D eigenvalue weighted by molar-refractivity contribution is 6.14. The number of nitrogens with zero attached hydrogens (tertiary/aromatic N) is 2. The van der Waals surface area contributed by atoms with Crippen LogP contribution in [0.3, 0.4) is 0 Å². The molecule has 1 aromatic rings. The molecule has 1 heterocycles. The first-order valence-corrected chi connectivity index (χ1v) is 6.33. The van der Waals surface area contributed by atoms with Gasteiger partial charge in [0.1, 0.15) is 5.76 Å². The van der Waals surface area contributed by atoms with Crippen LogP contribution in [-0.4, -0.2) is 22.1 Å². The fraction of sp³-hybridized carbons (Fsp3) is 0.400. The molecule has 100 valence electrons. The van der Waals surface area contributed by atoms with Crippen LogP contribution in [0.25, 0.3) is 0 Å². The van der Waals surface area contributed by atoms with Crippen LogP contribution in [0.1, 0.15) is 32.4 Å². The van der Waals surface area contributed by atoms with E-state index in [0.29, 0.717) is 25.0 Å². The molecule has 0 radical (unpaired) electrons. The molecule has 0 fully saturated rings. The number of Topliss-reactive ketones (excluding diaryl/α,β-unsaturated/α-hetero) is 1. The third kappa shape index (κ3) is 3.50. The molecule has 0 aliphatic heterocycles. The predicted molar refractivity (Wildman–Crippen MR) is 74.1 cm³/mol. The van der Waals surface area contributed by atoms with E-state index in [-0.39, 0.29) is 17.0 Å². The summed E-state index contributed by atoms with van der Waals surface area (Å²) in [7, 11) is 0. The summed E-state index contributed by atoms with van der Waals surface area (Å²) in [5.41, 5.74) is 1.01. The van der Waals surface area contributed by atoms with E-state index in [4.69, 9.17) is 0 Å². The second-order valence-corrected chi connectivity index (χ2v) is 5.59. The maximum Gasteiger partial charge on any atom is 0.168 e. The summed E-state index contributed by atoms with van der Waals surface area (Å²) in [6, 6.07) is 5.61. The number of pyridine rings is 1. The number of rotatable bonds is 3. The molecule has 0 unspecified atom stereocenters. The Morgan fingerprint density at radius 3 is 2.84 bits per heavy atom. The number of allylic oxidation sites excluding steroid dienone is 2. The van der Waals surface area contributed by atoms with E-state index in [2.05, 4.69) is 9.98 Å². The Kier molecular flexibility index (Phi) is 3.79. The Morgan fingerprint density at radius 1 is 1.42 bits per heavy atom. The summed E-state index contributed by atoms with van der Waals surface area (Å²) in [5, 5.41) is 9.92. The highest BCUT2D eigenvalue weighted by atomic mass is 16.3. The lowest BCUT2D eigenvalue weighted by Gasteiger charge is -2.28. The minimum atomic E-state index is -0.167. The third-order valence-electron chi connectivity index (χ3n) is 3.10. The molecule has 0 atom stereocenters. The van der Waals surface area contributed by atoms with Gasteiger partial charge in [0.25, 0.3) is 0 Å². The molecule has 1 aromatic heterocycles. The largest absolute Gasteiger partial charge is 0.511 e. The van der Waals surface area contributed by atoms with Crippen molar-refractivity contribution < 1.29 is 9.90 Å². The summed E-state index contributed by atoms with van der Waals surface area (Å²) in [4.78, 5) is 20.3. The topological polar surface area (TPSA) is 62.5 Å². The molecule has 0 spiro atoms. The number of carbonyl (C=O) groups excluding carboxylic acids is 1. The van der Waals surface area contributed by atoms with Gasteiger partial charge in [0.2, 0.25) is 0 Å². The van der Waals surface area contributed by atoms with Crippen LogP contribution in [0.15, 0.2) is 40.7 Å². The van der Waals surface area contributed by atoms with Crippen molar-refractivity contribution in [3.05, 3.63) is 41.4 Å². The monoisotopic (exact) mass is 258 g/mol. The van der Waals surface area contributed by atoms with Gasteiger partial charge in [-0.1, -0.05) is 19.9 Å². The zero-order chi connectivity index (χ0) is 13.9. The van der Waals surface area contributed by atoms with Gasteiger partial charge in [-0.15, -0.1) is 0 Å². The first-order chi connectivity index (χ1) is 8.98. The minimum Gasteiger partial charge on any atom is -0.511 e. The predicted octanol–water partition coefficient (Wildman–Crippen LogP) is 2.85. The van der Waals surface area contributed by atoms with E-state index in [1.807, 2.05) is 32.0 Å². The second-order valence-electron chi connectivity index (χ2n) is 5.59. The number of ketones is 1. The van der Waals surface area contributed by atoms with E-state index in [1.54, 1.807) is 6.20 Å². The first-order valence-electron chi connectivity index (χ1n) is 6.33. The minimum absolute atomic E-state index is 0.0430. The molecule has 1 aliphatic rings. The van der Waals surface area contributed by atoms with Crippen molar-refractivity contribution in [2.75, 3.05) is 0 Å². The van der Waals surface area contributed by atoms with Crippen LogP contribution < -0.4 is 0 Å². The quantitative estimate of drug-likeness (QED) is 0.848. The summed E-state index contributed by atoms with van der Waals surface area (Å²) in [6.07, 6.45) is 4.14. The van der Waals surface area contributed by atoms with E-state index >= 15 is 0 Å². The van der Waals surface area contributed by atoms with Crippen molar-refractivity contribution in [2.45, 2.75) is 33.2 Å². The van der Waals surface area contributed by atoms with Gasteiger partial charge >= 0.3 is 0 Å². The molecular weight excluding hydrogens is 240 g/mol. The Bertz CT molecular complexity index is 530. The number of aromatic nitrogens is 1. The third-order valence-corrected chi connectivity index (χ3v) is 3.10. The molecule has 4 nitrogen and oxygen atoms in total. The summed E-state index contributed by atoms with van der Waals surface area (Å²) >= 11 is 0. The molecule has 0 aromatic carbocycles. The lowest BCUT2D eigenvalue weighted by molar-refractivity contribution is -0.117. The van der Waals surface area contributed by atoms with Gasteiger partial charge in [0, 0.05) is 25.3 Å². The van der Waals surface area contributed by atoms with Gasteiger partial charge in [-0.2, -0.15) is 0 Å². The SMILES string of the molecule is CC1(C)CC(=O)C(C=NCc2ccccn2)=C(O)C1. The van der Waals surface area contributed by atoms with Crippen LogP contribution in [-0.2, 0) is 11.3 Å². The zero-order valence-electron chi connectivity index (χ0n) is 11.3. The second kappa shape index (κ2) is 5.34. The number of aliphatic hydroxyl groups is 1. The van der Waals surface area contributed by atoms with Crippen molar-refractivity contribution in [1.29, 1.82) is 0 Å². The van der Waals surface area contributed by atoms with Crippen LogP contribution in [0.2, 0.25) is 0 Å². The number of aliphatic hydroxyl groups excluding tert-OH is 1. The van der Waals surface area contributed by atoms with Crippen molar-refractivity contribution >= 4 is 12.0 Å². The molecule has 0 amide bonds. The molecule has 0 saturated carbocycles. The van der Waals surface area contributed by atoms with Crippen LogP contribution >= 0.6 is 0 Å². The highest BCUT2D eigenvalue weighted by Crippen LogP contribution is 2.35. The summed E-state index contributed by atoms with van der Waals surface area (Å²) < 4.78 is 0. The highest BCUT2D eigenvalue weighted by Gasteiger charge is 2.32. The Morgan fingerprint density at radius 2 is 2.21 bits per heavy atom. The lowest BCUT2D eigenvalue weighted by atomic mass is 9.77. The van der Waals surface area contributed by atoms with Gasteiger partial charge in [-0.3, -0.25) is 14.8 Å². The molecule has 2 rings (SSSR count). The van der Waals surface area contributed by atoms with Gasteiger partial charge in [-0.25, -0.2) is 0 Å². The van der Waals surface area contributed by atoms with Crippen LogP contribution in [0.4, 0.5) is 0 Å². The fourth-order valence-electron chi connectivity index (χ4n) is 2.17. The van der Waals surface area contributed by atoms with Crippen molar-refractivity contribution in [3.63, 3.8) is 0 Å². The molecule has 4 heteroatoms. The Labute approximate surface area is 112 Å². The van der Waals surface area contributed by atoms with Gasteiger partial charge < -0.3 is 5.11 Å². The number of hydrogen-bond acceptors (Lipinski definition) is 4. The maximum absolute atomic E-state index is 11.9. The van der Waals surface area contributed by atoms with E-state index in [9.17, 15) is 9.90 Å². The van der Waals surface area contributed by atoms with Crippen LogP contribution in [0.5, 0.6) is 0 Å². The normalized spacial score (nSPS) is 19.2. The number of hydrogen-bond donors (Lipinski definition) is 1. The standard InChI is InChI=1S/C15H18N2O2/c1-15(2)7-13(18)12(14(19)8-15)10-16-9-11-5-3-4-6-17-11/h3-6,10,18H,7-9H2,1-2H3. The average Bonchev–Trinajstić information content (AvgIpc) is 2.32.